The van der Waals surface area contributed by atoms with Crippen molar-refractivity contribution in [2.24, 2.45) is 0 Å². The summed E-state index contributed by atoms with van der Waals surface area (Å²) in [6.07, 6.45) is 2.98. The molecule has 0 aromatic heterocycles. The minimum atomic E-state index is -0.213. The molecule has 1 heterocycles. The van der Waals surface area contributed by atoms with Crippen molar-refractivity contribution in [2.45, 2.75) is 26.2 Å². The van der Waals surface area contributed by atoms with Crippen LogP contribution < -0.4 is 16.0 Å². The lowest BCUT2D eigenvalue weighted by Crippen LogP contribution is -2.27. The first kappa shape index (κ1) is 21.4. The van der Waals surface area contributed by atoms with E-state index in [9.17, 15) is 14.4 Å². The molecule has 3 rings (SSSR count). The summed E-state index contributed by atoms with van der Waals surface area (Å²) in [4.78, 5) is 38.5. The van der Waals surface area contributed by atoms with Crippen molar-refractivity contribution >= 4 is 29.1 Å². The van der Waals surface area contributed by atoms with Gasteiger partial charge in [-0.1, -0.05) is 13.0 Å². The van der Waals surface area contributed by atoms with Gasteiger partial charge in [0.25, 0.3) is 11.8 Å². The maximum absolute atomic E-state index is 12.4. The molecule has 0 saturated carbocycles. The van der Waals surface area contributed by atoms with Gasteiger partial charge in [0, 0.05) is 42.1 Å². The van der Waals surface area contributed by atoms with Crippen LogP contribution in [0.5, 0.6) is 0 Å². The van der Waals surface area contributed by atoms with E-state index in [0.717, 1.165) is 32.4 Å². The molecule has 0 bridgehead atoms. The van der Waals surface area contributed by atoms with Crippen LogP contribution in [0.3, 0.4) is 0 Å². The van der Waals surface area contributed by atoms with Crippen molar-refractivity contribution in [3.63, 3.8) is 0 Å². The van der Waals surface area contributed by atoms with Gasteiger partial charge in [-0.15, -0.1) is 0 Å². The number of benzene rings is 2. The van der Waals surface area contributed by atoms with E-state index < -0.39 is 0 Å². The third kappa shape index (κ3) is 5.83. The third-order valence-corrected chi connectivity index (χ3v) is 4.92. The van der Waals surface area contributed by atoms with Gasteiger partial charge in [0.1, 0.15) is 0 Å². The normalized spacial score (nSPS) is 13.0. The highest BCUT2D eigenvalue weighted by atomic mass is 16.2. The van der Waals surface area contributed by atoms with Crippen LogP contribution in [0.25, 0.3) is 0 Å². The standard InChI is InChI=1S/C23H28N4O3/c1-2-12-24-22(29)18-6-5-7-20(15-18)25-16-21(28)26-19-10-8-17(9-11-19)23(30)27-13-3-4-14-27/h5-11,15,25H,2-4,12-14,16H2,1H3,(H,24,29)(H,26,28). The minimum absolute atomic E-state index is 0.0369. The SMILES string of the molecule is CCCNC(=O)c1cccc(NCC(=O)Nc2ccc(C(=O)N3CCCC3)cc2)c1. The second kappa shape index (κ2) is 10.4. The van der Waals surface area contributed by atoms with E-state index in [0.29, 0.717) is 29.0 Å². The molecule has 0 spiro atoms. The van der Waals surface area contributed by atoms with Crippen molar-refractivity contribution in [3.8, 4) is 0 Å². The summed E-state index contributed by atoms with van der Waals surface area (Å²) < 4.78 is 0. The van der Waals surface area contributed by atoms with Gasteiger partial charge < -0.3 is 20.9 Å². The predicted molar refractivity (Wildman–Crippen MR) is 118 cm³/mol. The Morgan fingerprint density at radius 3 is 2.37 bits per heavy atom. The van der Waals surface area contributed by atoms with Gasteiger partial charge in [-0.3, -0.25) is 14.4 Å². The van der Waals surface area contributed by atoms with Gasteiger partial charge in [0.05, 0.1) is 6.54 Å². The van der Waals surface area contributed by atoms with E-state index in [4.69, 9.17) is 0 Å². The highest BCUT2D eigenvalue weighted by Gasteiger charge is 2.19. The zero-order chi connectivity index (χ0) is 21.3. The molecule has 0 aliphatic carbocycles. The number of hydrogen-bond acceptors (Lipinski definition) is 4. The number of nitrogens with zero attached hydrogens (tertiary/aromatic N) is 1. The van der Waals surface area contributed by atoms with Crippen molar-refractivity contribution < 1.29 is 14.4 Å². The second-order valence-corrected chi connectivity index (χ2v) is 7.32. The van der Waals surface area contributed by atoms with E-state index in [1.165, 1.54) is 0 Å². The average Bonchev–Trinajstić information content (AvgIpc) is 3.31. The lowest BCUT2D eigenvalue weighted by Gasteiger charge is -2.15. The molecular formula is C23H28N4O3. The van der Waals surface area contributed by atoms with Crippen LogP contribution in [0.2, 0.25) is 0 Å². The van der Waals surface area contributed by atoms with Crippen LogP contribution in [0.4, 0.5) is 11.4 Å². The topological polar surface area (TPSA) is 90.5 Å². The molecule has 2 aromatic carbocycles. The zero-order valence-corrected chi connectivity index (χ0v) is 17.2. The molecule has 158 valence electrons. The Labute approximate surface area is 176 Å². The molecule has 3 amide bonds. The number of anilines is 2. The smallest absolute Gasteiger partial charge is 0.253 e. The molecule has 7 heteroatoms. The Kier molecular flexibility index (Phi) is 7.43. The number of hydrogen-bond donors (Lipinski definition) is 3. The maximum Gasteiger partial charge on any atom is 0.253 e. The highest BCUT2D eigenvalue weighted by molar-refractivity contribution is 5.97. The van der Waals surface area contributed by atoms with Crippen LogP contribution >= 0.6 is 0 Å². The summed E-state index contributed by atoms with van der Waals surface area (Å²) in [6, 6.07) is 14.0. The van der Waals surface area contributed by atoms with Crippen LogP contribution in [0, 0.1) is 0 Å². The fraction of sp³-hybridized carbons (Fsp3) is 0.348. The van der Waals surface area contributed by atoms with Crippen molar-refractivity contribution in [3.05, 3.63) is 59.7 Å². The Bertz CT molecular complexity index is 890. The number of carbonyl (C=O) groups excluding carboxylic acids is 3. The molecule has 1 aliphatic rings. The van der Waals surface area contributed by atoms with Crippen LogP contribution in [0.1, 0.15) is 46.9 Å². The molecule has 1 fully saturated rings. The molecule has 0 atom stereocenters. The van der Waals surface area contributed by atoms with Gasteiger partial charge in [0.2, 0.25) is 5.91 Å². The van der Waals surface area contributed by atoms with Gasteiger partial charge in [-0.25, -0.2) is 0 Å². The molecule has 0 radical (unpaired) electrons. The first-order valence-electron chi connectivity index (χ1n) is 10.4. The van der Waals surface area contributed by atoms with Crippen molar-refractivity contribution in [1.82, 2.24) is 10.2 Å². The van der Waals surface area contributed by atoms with E-state index in [1.807, 2.05) is 17.9 Å². The third-order valence-electron chi connectivity index (χ3n) is 4.92. The molecular weight excluding hydrogens is 380 g/mol. The lowest BCUT2D eigenvalue weighted by molar-refractivity contribution is -0.114. The summed E-state index contributed by atoms with van der Waals surface area (Å²) in [5.41, 5.74) is 2.51. The zero-order valence-electron chi connectivity index (χ0n) is 17.2. The minimum Gasteiger partial charge on any atom is -0.376 e. The molecule has 3 N–H and O–H groups in total. The summed E-state index contributed by atoms with van der Waals surface area (Å²) in [5, 5.41) is 8.67. The van der Waals surface area contributed by atoms with E-state index in [1.54, 1.807) is 42.5 Å². The van der Waals surface area contributed by atoms with Gasteiger partial charge in [0.15, 0.2) is 0 Å². The summed E-state index contributed by atoms with van der Waals surface area (Å²) >= 11 is 0. The number of carbonyl (C=O) groups is 3. The van der Waals surface area contributed by atoms with E-state index in [2.05, 4.69) is 16.0 Å². The van der Waals surface area contributed by atoms with E-state index in [-0.39, 0.29) is 24.3 Å². The molecule has 1 saturated heterocycles. The molecule has 7 nitrogen and oxygen atoms in total. The Morgan fingerprint density at radius 2 is 1.67 bits per heavy atom. The number of nitrogens with one attached hydrogen (secondary N) is 3. The summed E-state index contributed by atoms with van der Waals surface area (Å²) in [5.74, 6) is -0.308. The molecule has 2 aromatic rings. The first-order chi connectivity index (χ1) is 14.6. The highest BCUT2D eigenvalue weighted by Crippen LogP contribution is 2.16. The Balaban J connectivity index is 1.50. The quantitative estimate of drug-likeness (QED) is 0.626. The Morgan fingerprint density at radius 1 is 0.933 bits per heavy atom. The van der Waals surface area contributed by atoms with E-state index >= 15 is 0 Å². The molecule has 30 heavy (non-hydrogen) atoms. The first-order valence-corrected chi connectivity index (χ1v) is 10.4. The van der Waals surface area contributed by atoms with Gasteiger partial charge in [-0.05, 0) is 61.7 Å². The monoisotopic (exact) mass is 408 g/mol. The second-order valence-electron chi connectivity index (χ2n) is 7.32. The molecule has 1 aliphatic heterocycles. The predicted octanol–water partition coefficient (Wildman–Crippen LogP) is 3.11. The van der Waals surface area contributed by atoms with Crippen molar-refractivity contribution in [2.75, 3.05) is 36.8 Å². The number of rotatable bonds is 8. The number of likely N-dealkylation sites (tertiary alicyclic amines) is 1. The fourth-order valence-corrected chi connectivity index (χ4v) is 3.30. The van der Waals surface area contributed by atoms with Gasteiger partial charge >= 0.3 is 0 Å². The number of amides is 3. The Hall–Kier alpha value is -3.35. The maximum atomic E-state index is 12.4. The van der Waals surface area contributed by atoms with Crippen molar-refractivity contribution in [1.29, 1.82) is 0 Å². The van der Waals surface area contributed by atoms with Gasteiger partial charge in [-0.2, -0.15) is 0 Å². The molecule has 0 unspecified atom stereocenters. The fourth-order valence-electron chi connectivity index (χ4n) is 3.30. The summed E-state index contributed by atoms with van der Waals surface area (Å²) in [6.45, 7) is 4.31. The summed E-state index contributed by atoms with van der Waals surface area (Å²) in [7, 11) is 0. The van der Waals surface area contributed by atoms with Crippen LogP contribution in [-0.4, -0.2) is 48.8 Å². The largest absolute Gasteiger partial charge is 0.376 e. The van der Waals surface area contributed by atoms with Crippen LogP contribution in [-0.2, 0) is 4.79 Å². The van der Waals surface area contributed by atoms with Crippen LogP contribution in [0.15, 0.2) is 48.5 Å². The average molecular weight is 409 g/mol. The lowest BCUT2D eigenvalue weighted by atomic mass is 10.2.